The van der Waals surface area contributed by atoms with Crippen molar-refractivity contribution in [1.29, 1.82) is 0 Å². The van der Waals surface area contributed by atoms with E-state index in [-0.39, 0.29) is 6.61 Å². The van der Waals surface area contributed by atoms with Crippen molar-refractivity contribution in [2.45, 2.75) is 26.7 Å². The molecule has 0 saturated heterocycles. The van der Waals surface area contributed by atoms with Crippen LogP contribution in [0.5, 0.6) is 0 Å². The highest BCUT2D eigenvalue weighted by Gasteiger charge is 2.55. The fourth-order valence-electron chi connectivity index (χ4n) is 2.56. The van der Waals surface area contributed by atoms with E-state index in [9.17, 15) is 19.5 Å². The average molecular weight is 366 g/mol. The maximum atomic E-state index is 12.5. The minimum atomic E-state index is -2.05. The Hall–Kier alpha value is -2.41. The van der Waals surface area contributed by atoms with Crippen LogP contribution in [-0.2, 0) is 28.6 Å². The molecule has 26 heavy (non-hydrogen) atoms. The van der Waals surface area contributed by atoms with Crippen molar-refractivity contribution in [1.82, 2.24) is 0 Å². The van der Waals surface area contributed by atoms with Crippen LogP contribution in [0.4, 0.5) is 0 Å². The Bertz CT molecular complexity index is 615. The Kier molecular flexibility index (Phi) is 7.32. The molecule has 0 spiro atoms. The maximum absolute atomic E-state index is 12.5. The predicted octanol–water partition coefficient (Wildman–Crippen LogP) is 1.68. The van der Waals surface area contributed by atoms with Crippen molar-refractivity contribution >= 4 is 17.9 Å². The largest absolute Gasteiger partial charge is 0.468 e. The number of ether oxygens (including phenoxy) is 3. The molecule has 7 heteroatoms. The van der Waals surface area contributed by atoms with Crippen LogP contribution in [0, 0.1) is 10.8 Å². The quantitative estimate of drug-likeness (QED) is 0.445. The fourth-order valence-corrected chi connectivity index (χ4v) is 2.56. The van der Waals surface area contributed by atoms with E-state index in [1.54, 1.807) is 51.1 Å². The molecular formula is C19H26O7. The summed E-state index contributed by atoms with van der Waals surface area (Å²) in [6.07, 6.45) is 0. The number of carbonyl (C=O) groups excluding carboxylic acids is 3. The van der Waals surface area contributed by atoms with Crippen LogP contribution >= 0.6 is 0 Å². The number of carbonyl (C=O) groups is 3. The van der Waals surface area contributed by atoms with Crippen molar-refractivity contribution in [3.63, 3.8) is 0 Å². The van der Waals surface area contributed by atoms with Gasteiger partial charge in [0.2, 0.25) is 0 Å². The Labute approximate surface area is 153 Å². The first-order chi connectivity index (χ1) is 12.1. The normalized spacial score (nSPS) is 12.8. The fraction of sp³-hybridized carbons (Fsp3) is 0.526. The lowest BCUT2D eigenvalue weighted by atomic mass is 9.72. The van der Waals surface area contributed by atoms with Gasteiger partial charge in [-0.1, -0.05) is 30.3 Å². The topological polar surface area (TPSA) is 99.1 Å². The van der Waals surface area contributed by atoms with Crippen molar-refractivity contribution in [3.05, 3.63) is 35.9 Å². The zero-order valence-corrected chi connectivity index (χ0v) is 15.8. The van der Waals surface area contributed by atoms with Gasteiger partial charge in [0, 0.05) is 5.92 Å². The molecule has 7 nitrogen and oxygen atoms in total. The van der Waals surface area contributed by atoms with Gasteiger partial charge in [-0.05, 0) is 26.3 Å². The Morgan fingerprint density at radius 1 is 0.962 bits per heavy atom. The van der Waals surface area contributed by atoms with Crippen LogP contribution in [0.2, 0.25) is 0 Å². The molecule has 0 radical (unpaired) electrons. The minimum Gasteiger partial charge on any atom is -0.468 e. The van der Waals surface area contributed by atoms with Gasteiger partial charge in [-0.2, -0.15) is 0 Å². The summed E-state index contributed by atoms with van der Waals surface area (Å²) in [5.41, 5.74) is -2.29. The van der Waals surface area contributed by atoms with Crippen LogP contribution in [0.25, 0.3) is 0 Å². The molecule has 0 aliphatic heterocycles. The number of aliphatic hydroxyl groups excluding tert-OH is 1. The van der Waals surface area contributed by atoms with E-state index in [0.29, 0.717) is 5.56 Å². The second-order valence-corrected chi connectivity index (χ2v) is 6.92. The average Bonchev–Trinajstić information content (AvgIpc) is 2.63. The van der Waals surface area contributed by atoms with Gasteiger partial charge >= 0.3 is 17.9 Å². The van der Waals surface area contributed by atoms with Gasteiger partial charge in [0.05, 0.1) is 32.8 Å². The molecule has 1 aromatic rings. The highest BCUT2D eigenvalue weighted by atomic mass is 16.6. The molecule has 0 heterocycles. The molecule has 0 aliphatic carbocycles. The number of methoxy groups -OCH3 is 2. The van der Waals surface area contributed by atoms with E-state index < -0.39 is 41.3 Å². The molecule has 1 rings (SSSR count). The number of benzene rings is 1. The summed E-state index contributed by atoms with van der Waals surface area (Å²) < 4.78 is 14.9. The Morgan fingerprint density at radius 2 is 1.46 bits per heavy atom. The van der Waals surface area contributed by atoms with Gasteiger partial charge < -0.3 is 19.3 Å². The van der Waals surface area contributed by atoms with Crippen molar-refractivity contribution in [3.8, 4) is 0 Å². The van der Waals surface area contributed by atoms with E-state index >= 15 is 0 Å². The third-order valence-corrected chi connectivity index (χ3v) is 4.14. The van der Waals surface area contributed by atoms with Crippen molar-refractivity contribution in [2.24, 2.45) is 10.8 Å². The zero-order chi connectivity index (χ0) is 20.0. The lowest BCUT2D eigenvalue weighted by molar-refractivity contribution is -0.178. The molecular weight excluding hydrogens is 340 g/mol. The lowest BCUT2D eigenvalue weighted by Gasteiger charge is -2.34. The van der Waals surface area contributed by atoms with E-state index in [2.05, 4.69) is 0 Å². The van der Waals surface area contributed by atoms with Crippen LogP contribution < -0.4 is 0 Å². The van der Waals surface area contributed by atoms with Gasteiger partial charge in [-0.25, -0.2) is 0 Å². The van der Waals surface area contributed by atoms with Gasteiger partial charge in [0.1, 0.15) is 0 Å². The molecule has 0 saturated carbocycles. The van der Waals surface area contributed by atoms with E-state index in [4.69, 9.17) is 14.2 Å². The molecule has 144 valence electrons. The standard InChI is InChI=1S/C19H26O7/c1-18(2,3)15(21)26-11-14(13-9-7-6-8-10-13)19(12-20,16(22)24-4)17(23)25-5/h6-10,14,20H,11-12H2,1-5H3. The second kappa shape index (κ2) is 8.80. The first kappa shape index (κ1) is 21.6. The SMILES string of the molecule is COC(=O)C(CO)(C(=O)OC)C(COC(=O)C(C)(C)C)c1ccccc1. The highest BCUT2D eigenvalue weighted by molar-refractivity contribution is 6.01. The Morgan fingerprint density at radius 3 is 1.85 bits per heavy atom. The molecule has 0 fully saturated rings. The molecule has 0 amide bonds. The summed E-state index contributed by atoms with van der Waals surface area (Å²) in [4.78, 5) is 37.2. The summed E-state index contributed by atoms with van der Waals surface area (Å²) in [5.74, 6) is -3.42. The first-order valence-corrected chi connectivity index (χ1v) is 8.15. The first-order valence-electron chi connectivity index (χ1n) is 8.15. The molecule has 1 aromatic carbocycles. The van der Waals surface area contributed by atoms with Crippen molar-refractivity contribution in [2.75, 3.05) is 27.4 Å². The summed E-state index contributed by atoms with van der Waals surface area (Å²) in [7, 11) is 2.22. The van der Waals surface area contributed by atoms with E-state index in [1.807, 2.05) is 0 Å². The predicted molar refractivity (Wildman–Crippen MR) is 93.1 cm³/mol. The smallest absolute Gasteiger partial charge is 0.326 e. The van der Waals surface area contributed by atoms with Gasteiger partial charge in [-0.15, -0.1) is 0 Å². The summed E-state index contributed by atoms with van der Waals surface area (Å²) in [5, 5.41) is 9.99. The maximum Gasteiger partial charge on any atom is 0.326 e. The molecule has 0 aromatic heterocycles. The molecule has 0 aliphatic rings. The zero-order valence-electron chi connectivity index (χ0n) is 15.8. The second-order valence-electron chi connectivity index (χ2n) is 6.92. The van der Waals surface area contributed by atoms with Gasteiger partial charge in [-0.3, -0.25) is 14.4 Å². The Balaban J connectivity index is 3.42. The minimum absolute atomic E-state index is 0.301. The summed E-state index contributed by atoms with van der Waals surface area (Å²) in [6, 6.07) is 8.53. The number of aliphatic hydroxyl groups is 1. The summed E-state index contributed by atoms with van der Waals surface area (Å²) in [6.45, 7) is 3.90. The molecule has 1 unspecified atom stereocenters. The number of rotatable bonds is 7. The molecule has 1 atom stereocenters. The van der Waals surface area contributed by atoms with Gasteiger partial charge in [0.25, 0.3) is 0 Å². The van der Waals surface area contributed by atoms with E-state index in [1.165, 1.54) is 0 Å². The third kappa shape index (κ3) is 4.40. The van der Waals surface area contributed by atoms with Crippen LogP contribution in [-0.4, -0.2) is 50.4 Å². The van der Waals surface area contributed by atoms with Crippen molar-refractivity contribution < 1.29 is 33.7 Å². The molecule has 0 bridgehead atoms. The number of hydrogen-bond donors (Lipinski definition) is 1. The van der Waals surface area contributed by atoms with Crippen LogP contribution in [0.15, 0.2) is 30.3 Å². The monoisotopic (exact) mass is 366 g/mol. The number of esters is 3. The lowest BCUT2D eigenvalue weighted by Crippen LogP contribution is -2.50. The van der Waals surface area contributed by atoms with Crippen LogP contribution in [0.3, 0.4) is 0 Å². The summed E-state index contributed by atoms with van der Waals surface area (Å²) >= 11 is 0. The highest BCUT2D eigenvalue weighted by Crippen LogP contribution is 2.39. The van der Waals surface area contributed by atoms with E-state index in [0.717, 1.165) is 14.2 Å². The molecule has 1 N–H and O–H groups in total. The number of hydrogen-bond acceptors (Lipinski definition) is 7. The van der Waals surface area contributed by atoms with Gasteiger partial charge in [0.15, 0.2) is 5.41 Å². The van der Waals surface area contributed by atoms with Crippen LogP contribution in [0.1, 0.15) is 32.3 Å². The third-order valence-electron chi connectivity index (χ3n) is 4.14.